The zero-order valence-corrected chi connectivity index (χ0v) is 11.6. The van der Waals surface area contributed by atoms with E-state index in [2.05, 4.69) is 9.97 Å². The van der Waals surface area contributed by atoms with E-state index in [-0.39, 0.29) is 5.95 Å². The van der Waals surface area contributed by atoms with Crippen molar-refractivity contribution in [1.29, 1.82) is 0 Å². The maximum Gasteiger partial charge on any atom is 0.231 e. The first-order chi connectivity index (χ1) is 9.63. The number of ether oxygens (including phenoxy) is 1. The van der Waals surface area contributed by atoms with Crippen molar-refractivity contribution in [2.45, 2.75) is 6.92 Å². The summed E-state index contributed by atoms with van der Waals surface area (Å²) in [6.45, 7) is 1.94. The number of benzene rings is 2. The molecule has 0 aliphatic carbocycles. The molecule has 1 heterocycles. The lowest BCUT2D eigenvalue weighted by molar-refractivity contribution is 0.465. The summed E-state index contributed by atoms with van der Waals surface area (Å²) >= 11 is 6.00. The molecule has 3 aromatic rings. The molecule has 2 N–H and O–H groups in total. The summed E-state index contributed by atoms with van der Waals surface area (Å²) in [5.41, 5.74) is 7.43. The fourth-order valence-electron chi connectivity index (χ4n) is 1.93. The second kappa shape index (κ2) is 4.98. The summed E-state index contributed by atoms with van der Waals surface area (Å²) in [6, 6.07) is 13.0. The average Bonchev–Trinajstić information content (AvgIpc) is 2.43. The van der Waals surface area contributed by atoms with Crippen LogP contribution in [0.4, 0.5) is 5.95 Å². The maximum absolute atomic E-state index is 6.00. The molecule has 0 saturated carbocycles. The number of aryl methyl sites for hydroxylation is 1. The predicted molar refractivity (Wildman–Crippen MR) is 80.2 cm³/mol. The van der Waals surface area contributed by atoms with Crippen molar-refractivity contribution in [1.82, 2.24) is 9.97 Å². The third-order valence-electron chi connectivity index (χ3n) is 2.94. The molecule has 0 amide bonds. The minimum Gasteiger partial charge on any atom is -0.438 e. The second-order valence-electron chi connectivity index (χ2n) is 4.42. The second-order valence-corrected chi connectivity index (χ2v) is 4.85. The number of aromatic nitrogens is 2. The van der Waals surface area contributed by atoms with Gasteiger partial charge in [0.05, 0.1) is 10.9 Å². The fraction of sp³-hybridized carbons (Fsp3) is 0.0667. The molecule has 5 heteroatoms. The molecule has 0 saturated heterocycles. The van der Waals surface area contributed by atoms with Crippen LogP contribution in [-0.4, -0.2) is 9.97 Å². The summed E-state index contributed by atoms with van der Waals surface area (Å²) in [5.74, 6) is 1.26. The van der Waals surface area contributed by atoms with Crippen LogP contribution >= 0.6 is 11.6 Å². The van der Waals surface area contributed by atoms with Crippen LogP contribution in [0.1, 0.15) is 5.56 Å². The van der Waals surface area contributed by atoms with Gasteiger partial charge in [-0.25, -0.2) is 4.98 Å². The van der Waals surface area contributed by atoms with Gasteiger partial charge in [0.25, 0.3) is 0 Å². The molecule has 0 bridgehead atoms. The normalized spacial score (nSPS) is 10.7. The highest BCUT2D eigenvalue weighted by atomic mass is 35.5. The number of hydrogen-bond donors (Lipinski definition) is 1. The Labute approximate surface area is 121 Å². The van der Waals surface area contributed by atoms with E-state index in [1.54, 1.807) is 6.07 Å². The van der Waals surface area contributed by atoms with Gasteiger partial charge in [-0.3, -0.25) is 0 Å². The third kappa shape index (κ3) is 2.38. The number of hydrogen-bond acceptors (Lipinski definition) is 4. The maximum atomic E-state index is 6.00. The van der Waals surface area contributed by atoms with Crippen LogP contribution in [0.2, 0.25) is 5.02 Å². The van der Waals surface area contributed by atoms with E-state index in [4.69, 9.17) is 22.1 Å². The van der Waals surface area contributed by atoms with Crippen LogP contribution in [0.3, 0.4) is 0 Å². The summed E-state index contributed by atoms with van der Waals surface area (Å²) in [6.07, 6.45) is 0. The van der Waals surface area contributed by atoms with Gasteiger partial charge in [0.1, 0.15) is 5.75 Å². The van der Waals surface area contributed by atoms with Gasteiger partial charge >= 0.3 is 0 Å². The number of anilines is 1. The van der Waals surface area contributed by atoms with Crippen LogP contribution in [0.25, 0.3) is 10.9 Å². The van der Waals surface area contributed by atoms with E-state index in [0.717, 1.165) is 16.5 Å². The van der Waals surface area contributed by atoms with Crippen molar-refractivity contribution in [3.8, 4) is 11.6 Å². The van der Waals surface area contributed by atoms with Crippen molar-refractivity contribution in [3.05, 3.63) is 53.1 Å². The first-order valence-corrected chi connectivity index (χ1v) is 6.47. The molecule has 3 rings (SSSR count). The number of rotatable bonds is 2. The summed E-state index contributed by atoms with van der Waals surface area (Å²) in [5, 5.41) is 1.41. The average molecular weight is 286 g/mol. The van der Waals surface area contributed by atoms with E-state index in [9.17, 15) is 0 Å². The topological polar surface area (TPSA) is 61.0 Å². The van der Waals surface area contributed by atoms with Gasteiger partial charge in [0, 0.05) is 5.02 Å². The lowest BCUT2D eigenvalue weighted by Crippen LogP contribution is -1.99. The molecule has 0 fully saturated rings. The van der Waals surface area contributed by atoms with Gasteiger partial charge in [-0.2, -0.15) is 4.98 Å². The van der Waals surface area contributed by atoms with E-state index >= 15 is 0 Å². The number of fused-ring (bicyclic) bond motifs is 1. The zero-order chi connectivity index (χ0) is 14.1. The van der Waals surface area contributed by atoms with Gasteiger partial charge in [-0.05, 0) is 36.8 Å². The van der Waals surface area contributed by atoms with Crippen molar-refractivity contribution in [2.75, 3.05) is 5.73 Å². The van der Waals surface area contributed by atoms with E-state index in [1.165, 1.54) is 0 Å². The zero-order valence-electron chi connectivity index (χ0n) is 10.8. The number of para-hydroxylation sites is 1. The van der Waals surface area contributed by atoms with E-state index < -0.39 is 0 Å². The minimum absolute atomic E-state index is 0.179. The van der Waals surface area contributed by atoms with Gasteiger partial charge in [-0.1, -0.05) is 29.8 Å². The van der Waals surface area contributed by atoms with Crippen LogP contribution in [0.5, 0.6) is 11.6 Å². The Balaban J connectivity index is 2.13. The van der Waals surface area contributed by atoms with Crippen molar-refractivity contribution in [3.63, 3.8) is 0 Å². The Hall–Kier alpha value is -2.33. The standard InChI is InChI=1S/C15H12ClN3O/c1-9-6-7-10(16)8-13(9)20-14-11-4-2-3-5-12(11)18-15(17)19-14/h2-8H,1H3,(H2,17,18,19). The molecule has 20 heavy (non-hydrogen) atoms. The molecular weight excluding hydrogens is 274 g/mol. The van der Waals surface area contributed by atoms with Crippen LogP contribution in [0.15, 0.2) is 42.5 Å². The van der Waals surface area contributed by atoms with Crippen LogP contribution in [0, 0.1) is 6.92 Å². The SMILES string of the molecule is Cc1ccc(Cl)cc1Oc1nc(N)nc2ccccc12. The predicted octanol–water partition coefficient (Wildman–Crippen LogP) is 3.97. The molecule has 0 aliphatic heterocycles. The van der Waals surface area contributed by atoms with Gasteiger partial charge in [-0.15, -0.1) is 0 Å². The van der Waals surface area contributed by atoms with Crippen molar-refractivity contribution >= 4 is 28.5 Å². The quantitative estimate of drug-likeness (QED) is 0.774. The third-order valence-corrected chi connectivity index (χ3v) is 3.18. The van der Waals surface area contributed by atoms with Crippen LogP contribution < -0.4 is 10.5 Å². The summed E-state index contributed by atoms with van der Waals surface area (Å²) in [4.78, 5) is 8.35. The minimum atomic E-state index is 0.179. The largest absolute Gasteiger partial charge is 0.438 e. The van der Waals surface area contributed by atoms with Crippen molar-refractivity contribution < 1.29 is 4.74 Å². The Morgan fingerprint density at radius 1 is 1.10 bits per heavy atom. The highest BCUT2D eigenvalue weighted by Gasteiger charge is 2.10. The smallest absolute Gasteiger partial charge is 0.231 e. The molecule has 100 valence electrons. The molecule has 0 spiro atoms. The molecular formula is C15H12ClN3O. The number of nitrogen functional groups attached to an aromatic ring is 1. The fourth-order valence-corrected chi connectivity index (χ4v) is 2.09. The first-order valence-electron chi connectivity index (χ1n) is 6.10. The number of nitrogens with zero attached hydrogens (tertiary/aromatic N) is 2. The lowest BCUT2D eigenvalue weighted by atomic mass is 10.2. The Kier molecular flexibility index (Phi) is 3.16. The summed E-state index contributed by atoms with van der Waals surface area (Å²) < 4.78 is 5.87. The monoisotopic (exact) mass is 285 g/mol. The summed E-state index contributed by atoms with van der Waals surface area (Å²) in [7, 11) is 0. The molecule has 4 nitrogen and oxygen atoms in total. The molecule has 0 unspecified atom stereocenters. The van der Waals surface area contributed by atoms with Crippen molar-refractivity contribution in [2.24, 2.45) is 0 Å². The lowest BCUT2D eigenvalue weighted by Gasteiger charge is -2.10. The molecule has 2 aromatic carbocycles. The Morgan fingerprint density at radius 2 is 1.90 bits per heavy atom. The number of halogens is 1. The number of nitrogens with two attached hydrogens (primary N) is 1. The molecule has 1 aromatic heterocycles. The first kappa shape index (κ1) is 12.7. The van der Waals surface area contributed by atoms with E-state index in [1.807, 2.05) is 43.3 Å². The highest BCUT2D eigenvalue weighted by molar-refractivity contribution is 6.30. The van der Waals surface area contributed by atoms with Crippen LogP contribution in [-0.2, 0) is 0 Å². The van der Waals surface area contributed by atoms with Gasteiger partial charge < -0.3 is 10.5 Å². The van der Waals surface area contributed by atoms with Gasteiger partial charge in [0.15, 0.2) is 0 Å². The molecule has 0 atom stereocenters. The molecule has 0 radical (unpaired) electrons. The Bertz CT molecular complexity index is 789. The molecule has 0 aliphatic rings. The Morgan fingerprint density at radius 3 is 2.75 bits per heavy atom. The van der Waals surface area contributed by atoms with Gasteiger partial charge in [0.2, 0.25) is 11.8 Å². The van der Waals surface area contributed by atoms with E-state index in [0.29, 0.717) is 16.7 Å². The highest BCUT2D eigenvalue weighted by Crippen LogP contribution is 2.31.